The van der Waals surface area contributed by atoms with Crippen LogP contribution in [0.25, 0.3) is 10.7 Å². The van der Waals surface area contributed by atoms with Gasteiger partial charge in [-0.05, 0) is 23.1 Å². The smallest absolute Gasteiger partial charge is 0.338 e. The zero-order valence-corrected chi connectivity index (χ0v) is 11.9. The summed E-state index contributed by atoms with van der Waals surface area (Å²) in [4.78, 5) is 16.8. The summed E-state index contributed by atoms with van der Waals surface area (Å²) in [5.41, 5.74) is 6.88. The first-order valence-electron chi connectivity index (χ1n) is 6.32. The van der Waals surface area contributed by atoms with Gasteiger partial charge in [0.15, 0.2) is 0 Å². The van der Waals surface area contributed by atoms with Crippen molar-refractivity contribution in [2.24, 2.45) is 0 Å². The molecule has 1 aromatic carbocycles. The summed E-state index contributed by atoms with van der Waals surface area (Å²) in [6, 6.07) is 9.08. The lowest BCUT2D eigenvalue weighted by atomic mass is 10.1. The van der Waals surface area contributed by atoms with Crippen LogP contribution in [0.2, 0.25) is 0 Å². The lowest BCUT2D eigenvalue weighted by molar-refractivity contribution is 0.0697. The summed E-state index contributed by atoms with van der Waals surface area (Å²) in [5.74, 6) is -0.190. The van der Waals surface area contributed by atoms with Crippen molar-refractivity contribution in [1.29, 1.82) is 0 Å². The van der Waals surface area contributed by atoms with Gasteiger partial charge in [0.05, 0.1) is 17.0 Å². The Morgan fingerprint density at radius 1 is 1.33 bits per heavy atom. The van der Waals surface area contributed by atoms with Crippen molar-refractivity contribution in [2.75, 3.05) is 5.73 Å². The fourth-order valence-electron chi connectivity index (χ4n) is 2.26. The summed E-state index contributed by atoms with van der Waals surface area (Å²) in [5, 5.41) is 11.3. The first-order chi connectivity index (χ1) is 10.2. The number of aromatic carboxylic acids is 1. The van der Waals surface area contributed by atoms with Crippen molar-refractivity contribution in [3.8, 4) is 10.7 Å². The number of nitrogens with zero attached hydrogens (tertiary/aromatic N) is 2. The van der Waals surface area contributed by atoms with Gasteiger partial charge in [0.25, 0.3) is 0 Å². The maximum atomic E-state index is 11.4. The van der Waals surface area contributed by atoms with Crippen molar-refractivity contribution in [3.05, 3.63) is 59.2 Å². The molecule has 0 aliphatic carbocycles. The topological polar surface area (TPSA) is 81.1 Å². The number of hydrogen-bond donors (Lipinski definition) is 2. The molecule has 0 fully saturated rings. The highest BCUT2D eigenvalue weighted by molar-refractivity contribution is 7.13. The Bertz CT molecular complexity index is 778. The summed E-state index contributed by atoms with van der Waals surface area (Å²) >= 11 is 1.59. The van der Waals surface area contributed by atoms with Crippen LogP contribution in [0.15, 0.2) is 48.1 Å². The molecule has 0 amide bonds. The van der Waals surface area contributed by atoms with Crippen LogP contribution in [-0.2, 0) is 6.54 Å². The highest BCUT2D eigenvalue weighted by Crippen LogP contribution is 2.25. The Hall–Kier alpha value is -2.60. The second kappa shape index (κ2) is 5.41. The SMILES string of the molecule is Nc1cccc(Cn2ccnc2-c2cccs2)c1C(=O)O. The van der Waals surface area contributed by atoms with Gasteiger partial charge in [0.1, 0.15) is 5.82 Å². The number of hydrogen-bond acceptors (Lipinski definition) is 4. The average Bonchev–Trinajstić information content (AvgIpc) is 3.08. The molecule has 3 aromatic rings. The van der Waals surface area contributed by atoms with E-state index >= 15 is 0 Å². The maximum Gasteiger partial charge on any atom is 0.338 e. The number of thiophene rings is 1. The van der Waals surface area contributed by atoms with Crippen LogP contribution < -0.4 is 5.73 Å². The largest absolute Gasteiger partial charge is 0.478 e. The molecule has 0 saturated carbocycles. The maximum absolute atomic E-state index is 11.4. The fourth-order valence-corrected chi connectivity index (χ4v) is 3.00. The van der Waals surface area contributed by atoms with Crippen molar-refractivity contribution >= 4 is 23.0 Å². The Kier molecular flexibility index (Phi) is 3.45. The van der Waals surface area contributed by atoms with Crippen LogP contribution in [0.4, 0.5) is 5.69 Å². The van der Waals surface area contributed by atoms with E-state index < -0.39 is 5.97 Å². The number of carboxylic acid groups (broad SMARTS) is 1. The molecule has 3 N–H and O–H groups in total. The molecule has 5 nitrogen and oxygen atoms in total. The molecule has 0 saturated heterocycles. The van der Waals surface area contributed by atoms with Crippen LogP contribution in [0, 0.1) is 0 Å². The molecular weight excluding hydrogens is 286 g/mol. The van der Waals surface area contributed by atoms with Crippen molar-refractivity contribution in [1.82, 2.24) is 9.55 Å². The second-order valence-corrected chi connectivity index (χ2v) is 5.49. The third-order valence-electron chi connectivity index (χ3n) is 3.19. The molecule has 2 aromatic heterocycles. The van der Waals surface area contributed by atoms with E-state index in [0.29, 0.717) is 12.1 Å². The Labute approximate surface area is 125 Å². The lowest BCUT2D eigenvalue weighted by Gasteiger charge is -2.11. The van der Waals surface area contributed by atoms with Crippen LogP contribution in [0.1, 0.15) is 15.9 Å². The molecule has 2 heterocycles. The molecule has 21 heavy (non-hydrogen) atoms. The number of rotatable bonds is 4. The number of benzene rings is 1. The number of carboxylic acids is 1. The average molecular weight is 299 g/mol. The van der Waals surface area contributed by atoms with Gasteiger partial charge in [0, 0.05) is 18.1 Å². The highest BCUT2D eigenvalue weighted by Gasteiger charge is 2.15. The quantitative estimate of drug-likeness (QED) is 0.726. The monoisotopic (exact) mass is 299 g/mol. The number of imidazole rings is 1. The number of carbonyl (C=O) groups is 1. The molecule has 0 bridgehead atoms. The standard InChI is InChI=1S/C15H13N3O2S/c16-11-4-1-3-10(13(11)15(19)20)9-18-7-6-17-14(18)12-5-2-8-21-12/h1-8H,9,16H2,(H,19,20). The van der Waals surface area contributed by atoms with Crippen molar-refractivity contribution in [3.63, 3.8) is 0 Å². The molecule has 0 aliphatic heterocycles. The summed E-state index contributed by atoms with van der Waals surface area (Å²) < 4.78 is 1.92. The van der Waals surface area contributed by atoms with Gasteiger partial charge in [-0.2, -0.15) is 0 Å². The van der Waals surface area contributed by atoms with E-state index in [1.54, 1.807) is 35.7 Å². The zero-order chi connectivity index (χ0) is 14.8. The van der Waals surface area contributed by atoms with E-state index in [2.05, 4.69) is 4.98 Å². The third-order valence-corrected chi connectivity index (χ3v) is 4.06. The van der Waals surface area contributed by atoms with E-state index in [-0.39, 0.29) is 11.3 Å². The van der Waals surface area contributed by atoms with Crippen LogP contribution in [0.5, 0.6) is 0 Å². The van der Waals surface area contributed by atoms with Gasteiger partial charge in [0.2, 0.25) is 0 Å². The summed E-state index contributed by atoms with van der Waals surface area (Å²) in [6.07, 6.45) is 3.55. The second-order valence-electron chi connectivity index (χ2n) is 4.54. The van der Waals surface area contributed by atoms with Crippen LogP contribution in [0.3, 0.4) is 0 Å². The van der Waals surface area contributed by atoms with E-state index in [1.807, 2.05) is 28.3 Å². The van der Waals surface area contributed by atoms with Gasteiger partial charge in [-0.1, -0.05) is 18.2 Å². The molecule has 0 unspecified atom stereocenters. The zero-order valence-electron chi connectivity index (χ0n) is 11.1. The number of aromatic nitrogens is 2. The molecule has 0 spiro atoms. The minimum Gasteiger partial charge on any atom is -0.478 e. The number of nitrogens with two attached hydrogens (primary N) is 1. The highest BCUT2D eigenvalue weighted by atomic mass is 32.1. The van der Waals surface area contributed by atoms with Crippen LogP contribution >= 0.6 is 11.3 Å². The molecule has 106 valence electrons. The molecule has 0 atom stereocenters. The van der Waals surface area contributed by atoms with Gasteiger partial charge < -0.3 is 15.4 Å². The molecular formula is C15H13N3O2S. The number of anilines is 1. The number of nitrogen functional groups attached to an aromatic ring is 1. The van der Waals surface area contributed by atoms with E-state index in [4.69, 9.17) is 5.73 Å². The minimum atomic E-state index is -1.01. The van der Waals surface area contributed by atoms with Gasteiger partial charge in [-0.3, -0.25) is 0 Å². The third kappa shape index (κ3) is 2.53. The normalized spacial score (nSPS) is 10.7. The summed E-state index contributed by atoms with van der Waals surface area (Å²) in [6.45, 7) is 0.417. The van der Waals surface area contributed by atoms with Crippen molar-refractivity contribution in [2.45, 2.75) is 6.54 Å². The first kappa shape index (κ1) is 13.4. The first-order valence-corrected chi connectivity index (χ1v) is 7.20. The van der Waals surface area contributed by atoms with Gasteiger partial charge in [-0.15, -0.1) is 11.3 Å². The van der Waals surface area contributed by atoms with Crippen LogP contribution in [-0.4, -0.2) is 20.6 Å². The Morgan fingerprint density at radius 2 is 2.19 bits per heavy atom. The summed E-state index contributed by atoms with van der Waals surface area (Å²) in [7, 11) is 0. The van der Waals surface area contributed by atoms with Crippen molar-refractivity contribution < 1.29 is 9.90 Å². The van der Waals surface area contributed by atoms with Gasteiger partial charge >= 0.3 is 5.97 Å². The predicted molar refractivity (Wildman–Crippen MR) is 82.5 cm³/mol. The van der Waals surface area contributed by atoms with Gasteiger partial charge in [-0.25, -0.2) is 9.78 Å². The Balaban J connectivity index is 2.01. The minimum absolute atomic E-state index is 0.156. The Morgan fingerprint density at radius 3 is 2.90 bits per heavy atom. The molecule has 0 aliphatic rings. The molecule has 6 heteroatoms. The molecule has 0 radical (unpaired) electrons. The molecule has 3 rings (SSSR count). The van der Waals surface area contributed by atoms with E-state index in [0.717, 1.165) is 10.7 Å². The fraction of sp³-hybridized carbons (Fsp3) is 0.0667. The lowest BCUT2D eigenvalue weighted by Crippen LogP contribution is -2.10. The predicted octanol–water partition coefficient (Wildman–Crippen LogP) is 2.94. The van der Waals surface area contributed by atoms with E-state index in [9.17, 15) is 9.90 Å². The van der Waals surface area contributed by atoms with E-state index in [1.165, 1.54) is 0 Å².